The fraction of sp³-hybridized carbons (Fsp3) is 0.381. The highest BCUT2D eigenvalue weighted by molar-refractivity contribution is 5.83. The van der Waals surface area contributed by atoms with Crippen molar-refractivity contribution < 1.29 is 9.53 Å². The van der Waals surface area contributed by atoms with E-state index in [0.717, 1.165) is 37.4 Å². The number of nitrogens with zero attached hydrogens (tertiary/aromatic N) is 1. The predicted octanol–water partition coefficient (Wildman–Crippen LogP) is 2.73. The van der Waals surface area contributed by atoms with Gasteiger partial charge in [0.05, 0.1) is 6.04 Å². The zero-order valence-electron chi connectivity index (χ0n) is 14.6. The maximum Gasteiger partial charge on any atom is 0.264 e. The molecule has 1 fully saturated rings. The molecule has 2 aliphatic rings. The minimum absolute atomic E-state index is 0.0690. The summed E-state index contributed by atoms with van der Waals surface area (Å²) >= 11 is 0. The molecule has 2 atom stereocenters. The van der Waals surface area contributed by atoms with E-state index in [0.29, 0.717) is 6.42 Å². The molecule has 2 aromatic carbocycles. The molecule has 1 saturated heterocycles. The summed E-state index contributed by atoms with van der Waals surface area (Å²) in [4.78, 5) is 15.1. The van der Waals surface area contributed by atoms with Gasteiger partial charge in [-0.25, -0.2) is 0 Å². The molecule has 2 heterocycles. The summed E-state index contributed by atoms with van der Waals surface area (Å²) < 4.78 is 5.93. The third kappa shape index (κ3) is 3.14. The van der Waals surface area contributed by atoms with Gasteiger partial charge in [0.1, 0.15) is 5.75 Å². The summed E-state index contributed by atoms with van der Waals surface area (Å²) in [6, 6.07) is 16.6. The van der Waals surface area contributed by atoms with Crippen LogP contribution in [0.2, 0.25) is 0 Å². The lowest BCUT2D eigenvalue weighted by Gasteiger charge is -2.37. The van der Waals surface area contributed by atoms with Crippen molar-refractivity contribution in [1.29, 1.82) is 0 Å². The van der Waals surface area contributed by atoms with Crippen LogP contribution in [0.15, 0.2) is 48.5 Å². The molecule has 130 valence electrons. The molecular formula is C21H24N2O2. The number of ether oxygens (including phenoxy) is 1. The zero-order valence-corrected chi connectivity index (χ0v) is 14.6. The first-order chi connectivity index (χ1) is 12.3. The van der Waals surface area contributed by atoms with E-state index in [9.17, 15) is 4.79 Å². The van der Waals surface area contributed by atoms with E-state index < -0.39 is 6.10 Å². The van der Waals surface area contributed by atoms with Gasteiger partial charge in [-0.15, -0.1) is 0 Å². The Morgan fingerprint density at radius 1 is 1.20 bits per heavy atom. The molecular weight excluding hydrogens is 312 g/mol. The first-order valence-electron chi connectivity index (χ1n) is 9.11. The van der Waals surface area contributed by atoms with Crippen molar-refractivity contribution in [3.05, 3.63) is 65.2 Å². The molecule has 0 saturated carbocycles. The standard InChI is InChI=1S/C21H24N2O2/c1-2-15-7-9-16(10-8-15)18-14-22-11-12-23(18)21(24)20-13-17-5-3-4-6-19(17)25-20/h3-10,18,20,22H,2,11-14H2,1H3. The van der Waals surface area contributed by atoms with Crippen LogP contribution in [0.4, 0.5) is 0 Å². The number of hydrogen-bond acceptors (Lipinski definition) is 3. The maximum atomic E-state index is 13.1. The van der Waals surface area contributed by atoms with E-state index in [1.54, 1.807) is 0 Å². The van der Waals surface area contributed by atoms with Gasteiger partial charge >= 0.3 is 0 Å². The summed E-state index contributed by atoms with van der Waals surface area (Å²) in [6.07, 6.45) is 1.30. The van der Waals surface area contributed by atoms with Crippen LogP contribution in [0.5, 0.6) is 5.75 Å². The Labute approximate surface area is 148 Å². The Bertz CT molecular complexity index is 732. The molecule has 0 bridgehead atoms. The Morgan fingerprint density at radius 3 is 2.76 bits per heavy atom. The average molecular weight is 336 g/mol. The fourth-order valence-corrected chi connectivity index (χ4v) is 3.75. The quantitative estimate of drug-likeness (QED) is 0.937. The minimum Gasteiger partial charge on any atom is -0.480 e. The van der Waals surface area contributed by atoms with Crippen molar-refractivity contribution in [2.24, 2.45) is 0 Å². The average Bonchev–Trinajstić information content (AvgIpc) is 3.12. The van der Waals surface area contributed by atoms with E-state index in [4.69, 9.17) is 4.74 Å². The third-order valence-corrected chi connectivity index (χ3v) is 5.22. The molecule has 2 aromatic rings. The number of aryl methyl sites for hydroxylation is 1. The van der Waals surface area contributed by atoms with Crippen molar-refractivity contribution in [2.45, 2.75) is 31.9 Å². The number of carbonyl (C=O) groups is 1. The topological polar surface area (TPSA) is 41.6 Å². The molecule has 4 rings (SSSR count). The Morgan fingerprint density at radius 2 is 2.00 bits per heavy atom. The molecule has 4 heteroatoms. The number of rotatable bonds is 3. The van der Waals surface area contributed by atoms with E-state index in [-0.39, 0.29) is 11.9 Å². The summed E-state index contributed by atoms with van der Waals surface area (Å²) in [5, 5.41) is 3.42. The third-order valence-electron chi connectivity index (χ3n) is 5.22. The summed E-state index contributed by atoms with van der Waals surface area (Å²) in [7, 11) is 0. The second-order valence-corrected chi connectivity index (χ2v) is 6.77. The van der Waals surface area contributed by atoms with Gasteiger partial charge in [-0.3, -0.25) is 4.79 Å². The van der Waals surface area contributed by atoms with E-state index in [1.165, 1.54) is 11.1 Å². The number of benzene rings is 2. The van der Waals surface area contributed by atoms with E-state index in [1.807, 2.05) is 29.2 Å². The van der Waals surface area contributed by atoms with E-state index >= 15 is 0 Å². The highest BCUT2D eigenvalue weighted by atomic mass is 16.5. The highest BCUT2D eigenvalue weighted by Gasteiger charge is 2.36. The first-order valence-corrected chi connectivity index (χ1v) is 9.11. The largest absolute Gasteiger partial charge is 0.480 e. The van der Waals surface area contributed by atoms with Gasteiger partial charge in [-0.05, 0) is 29.2 Å². The molecule has 2 unspecified atom stereocenters. The summed E-state index contributed by atoms with van der Waals surface area (Å²) in [5.41, 5.74) is 3.63. The number of fused-ring (bicyclic) bond motifs is 1. The molecule has 25 heavy (non-hydrogen) atoms. The summed E-state index contributed by atoms with van der Waals surface area (Å²) in [6.45, 7) is 4.49. The monoisotopic (exact) mass is 336 g/mol. The van der Waals surface area contributed by atoms with Crippen LogP contribution in [0, 0.1) is 0 Å². The van der Waals surface area contributed by atoms with Crippen LogP contribution in [-0.4, -0.2) is 36.5 Å². The first kappa shape index (κ1) is 16.2. The highest BCUT2D eigenvalue weighted by Crippen LogP contribution is 2.31. The Kier molecular flexibility index (Phi) is 4.45. The van der Waals surface area contributed by atoms with Crippen LogP contribution in [0.25, 0.3) is 0 Å². The van der Waals surface area contributed by atoms with Crippen LogP contribution in [0.3, 0.4) is 0 Å². The van der Waals surface area contributed by atoms with Crippen molar-refractivity contribution in [3.8, 4) is 5.75 Å². The molecule has 0 radical (unpaired) electrons. The van der Waals surface area contributed by atoms with Crippen molar-refractivity contribution >= 4 is 5.91 Å². The molecule has 1 amide bonds. The number of hydrogen-bond donors (Lipinski definition) is 1. The van der Waals surface area contributed by atoms with Crippen molar-refractivity contribution in [3.63, 3.8) is 0 Å². The molecule has 4 nitrogen and oxygen atoms in total. The van der Waals surface area contributed by atoms with Gasteiger partial charge in [0, 0.05) is 26.1 Å². The van der Waals surface area contributed by atoms with Crippen molar-refractivity contribution in [2.75, 3.05) is 19.6 Å². The lowest BCUT2D eigenvalue weighted by Crippen LogP contribution is -2.52. The smallest absolute Gasteiger partial charge is 0.264 e. The van der Waals surface area contributed by atoms with Crippen LogP contribution in [0.1, 0.15) is 29.7 Å². The fourth-order valence-electron chi connectivity index (χ4n) is 3.75. The molecule has 0 aromatic heterocycles. The van der Waals surface area contributed by atoms with Gasteiger partial charge in [-0.2, -0.15) is 0 Å². The van der Waals surface area contributed by atoms with Gasteiger partial charge in [0.25, 0.3) is 5.91 Å². The normalized spacial score (nSPS) is 22.4. The molecule has 0 spiro atoms. The number of carbonyl (C=O) groups excluding carboxylic acids is 1. The number of para-hydroxylation sites is 1. The number of amides is 1. The summed E-state index contributed by atoms with van der Waals surface area (Å²) in [5.74, 6) is 0.946. The number of nitrogens with one attached hydrogen (secondary N) is 1. The lowest BCUT2D eigenvalue weighted by molar-refractivity contribution is -0.141. The maximum absolute atomic E-state index is 13.1. The number of piperazine rings is 1. The second-order valence-electron chi connectivity index (χ2n) is 6.77. The van der Waals surface area contributed by atoms with Gasteiger partial charge < -0.3 is 15.0 Å². The Hall–Kier alpha value is -2.33. The van der Waals surface area contributed by atoms with Crippen LogP contribution in [-0.2, 0) is 17.6 Å². The van der Waals surface area contributed by atoms with Gasteiger partial charge in [-0.1, -0.05) is 49.4 Å². The van der Waals surface area contributed by atoms with Gasteiger partial charge in [0.2, 0.25) is 0 Å². The molecule has 2 aliphatic heterocycles. The van der Waals surface area contributed by atoms with Crippen LogP contribution < -0.4 is 10.1 Å². The minimum atomic E-state index is -0.395. The van der Waals surface area contributed by atoms with Gasteiger partial charge in [0.15, 0.2) is 6.10 Å². The zero-order chi connectivity index (χ0) is 17.2. The molecule has 0 aliphatic carbocycles. The van der Waals surface area contributed by atoms with E-state index in [2.05, 4.69) is 36.5 Å². The lowest BCUT2D eigenvalue weighted by atomic mass is 9.99. The predicted molar refractivity (Wildman–Crippen MR) is 97.7 cm³/mol. The van der Waals surface area contributed by atoms with Crippen molar-refractivity contribution in [1.82, 2.24) is 10.2 Å². The van der Waals surface area contributed by atoms with Crippen LogP contribution >= 0.6 is 0 Å². The Balaban J connectivity index is 1.53. The molecule has 1 N–H and O–H groups in total. The SMILES string of the molecule is CCc1ccc(C2CNCCN2C(=O)C2Cc3ccccc3O2)cc1. The second kappa shape index (κ2) is 6.89.